The smallest absolute Gasteiger partial charge is 0.122 e. The molecule has 0 amide bonds. The molecule has 0 N–H and O–H groups in total. The molecule has 0 spiro atoms. The topological polar surface area (TPSA) is 9.23 Å². The maximum Gasteiger partial charge on any atom is 0.122 e. The van der Waals surface area contributed by atoms with E-state index < -0.39 is 0 Å². The van der Waals surface area contributed by atoms with E-state index >= 15 is 0 Å². The summed E-state index contributed by atoms with van der Waals surface area (Å²) in [6, 6.07) is 8.43. The first-order valence-corrected chi connectivity index (χ1v) is 6.45. The van der Waals surface area contributed by atoms with Crippen molar-refractivity contribution < 1.29 is 4.74 Å². The molecule has 2 heteroatoms. The van der Waals surface area contributed by atoms with Gasteiger partial charge in [-0.15, -0.1) is 11.3 Å². The van der Waals surface area contributed by atoms with Crippen LogP contribution in [0.15, 0.2) is 29.6 Å². The van der Waals surface area contributed by atoms with E-state index in [1.807, 2.05) is 0 Å². The van der Waals surface area contributed by atoms with Gasteiger partial charge < -0.3 is 4.74 Å². The Labute approximate surface area is 106 Å². The third kappa shape index (κ3) is 2.77. The standard InChI is InChI=1S/C15H16OS/c1-11-9-13(10-15(16-3)12(11)2)6-7-14-5-4-8-17-14/h4-10H,1-3H3/b7-6+. The molecular weight excluding hydrogens is 228 g/mol. The number of hydrogen-bond acceptors (Lipinski definition) is 2. The van der Waals surface area contributed by atoms with Crippen LogP contribution in [0.5, 0.6) is 5.75 Å². The lowest BCUT2D eigenvalue weighted by Crippen LogP contribution is -1.91. The van der Waals surface area contributed by atoms with Gasteiger partial charge >= 0.3 is 0 Å². The molecule has 0 bridgehead atoms. The number of benzene rings is 1. The van der Waals surface area contributed by atoms with Crippen molar-refractivity contribution in [1.29, 1.82) is 0 Å². The first-order valence-electron chi connectivity index (χ1n) is 5.57. The van der Waals surface area contributed by atoms with Gasteiger partial charge in [0.05, 0.1) is 7.11 Å². The second-order valence-corrected chi connectivity index (χ2v) is 4.99. The minimum Gasteiger partial charge on any atom is -0.496 e. The lowest BCUT2D eigenvalue weighted by Gasteiger charge is -2.08. The molecule has 0 aliphatic heterocycles. The molecule has 17 heavy (non-hydrogen) atoms. The van der Waals surface area contributed by atoms with E-state index in [9.17, 15) is 0 Å². The summed E-state index contributed by atoms with van der Waals surface area (Å²) in [4.78, 5) is 1.27. The molecule has 0 aliphatic rings. The number of aryl methyl sites for hydroxylation is 1. The summed E-state index contributed by atoms with van der Waals surface area (Å²) in [5.41, 5.74) is 3.65. The van der Waals surface area contributed by atoms with Crippen molar-refractivity contribution >= 4 is 23.5 Å². The second-order valence-electron chi connectivity index (χ2n) is 4.01. The summed E-state index contributed by atoms with van der Waals surface area (Å²) < 4.78 is 5.37. The molecule has 0 aliphatic carbocycles. The summed E-state index contributed by atoms with van der Waals surface area (Å²) in [5, 5.41) is 2.08. The van der Waals surface area contributed by atoms with Crippen LogP contribution >= 0.6 is 11.3 Å². The first kappa shape index (κ1) is 11.9. The number of thiophene rings is 1. The van der Waals surface area contributed by atoms with Gasteiger partial charge in [-0.1, -0.05) is 18.2 Å². The predicted octanol–water partition coefficient (Wildman–Crippen LogP) is 4.54. The van der Waals surface area contributed by atoms with Gasteiger partial charge in [0, 0.05) is 4.88 Å². The van der Waals surface area contributed by atoms with Gasteiger partial charge in [-0.05, 0) is 54.1 Å². The quantitative estimate of drug-likeness (QED) is 0.770. The van der Waals surface area contributed by atoms with Crippen LogP contribution in [0, 0.1) is 13.8 Å². The first-order chi connectivity index (χ1) is 8.20. The molecule has 1 aromatic carbocycles. The van der Waals surface area contributed by atoms with Crippen LogP contribution in [0.2, 0.25) is 0 Å². The number of rotatable bonds is 3. The molecule has 0 fully saturated rings. The zero-order valence-electron chi connectivity index (χ0n) is 10.4. The highest BCUT2D eigenvalue weighted by atomic mass is 32.1. The maximum absolute atomic E-state index is 5.37. The second kappa shape index (κ2) is 5.19. The van der Waals surface area contributed by atoms with E-state index in [0.29, 0.717) is 0 Å². The fourth-order valence-corrected chi connectivity index (χ4v) is 2.34. The van der Waals surface area contributed by atoms with E-state index in [4.69, 9.17) is 4.74 Å². The molecule has 2 aromatic rings. The Hall–Kier alpha value is -1.54. The monoisotopic (exact) mass is 244 g/mol. The molecule has 88 valence electrons. The normalized spacial score (nSPS) is 11.0. The molecule has 1 aromatic heterocycles. The number of methoxy groups -OCH3 is 1. The van der Waals surface area contributed by atoms with Crippen LogP contribution in [-0.2, 0) is 0 Å². The van der Waals surface area contributed by atoms with E-state index in [0.717, 1.165) is 5.75 Å². The molecule has 0 unspecified atom stereocenters. The van der Waals surface area contributed by atoms with Crippen molar-refractivity contribution in [3.8, 4) is 5.75 Å². The van der Waals surface area contributed by atoms with Gasteiger partial charge in [0.15, 0.2) is 0 Å². The van der Waals surface area contributed by atoms with Gasteiger partial charge in [0.2, 0.25) is 0 Å². The van der Waals surface area contributed by atoms with Crippen molar-refractivity contribution in [3.05, 3.63) is 51.2 Å². The molecule has 0 atom stereocenters. The summed E-state index contributed by atoms with van der Waals surface area (Å²) in [6.45, 7) is 4.20. The Morgan fingerprint density at radius 3 is 2.65 bits per heavy atom. The highest BCUT2D eigenvalue weighted by Gasteiger charge is 2.02. The highest BCUT2D eigenvalue weighted by Crippen LogP contribution is 2.24. The fraction of sp³-hybridized carbons (Fsp3) is 0.200. The van der Waals surface area contributed by atoms with Gasteiger partial charge in [0.1, 0.15) is 5.75 Å². The van der Waals surface area contributed by atoms with Crippen molar-refractivity contribution in [2.24, 2.45) is 0 Å². The van der Waals surface area contributed by atoms with Crippen LogP contribution in [-0.4, -0.2) is 7.11 Å². The Bertz CT molecular complexity index is 524. The van der Waals surface area contributed by atoms with Gasteiger partial charge in [-0.25, -0.2) is 0 Å². The summed E-state index contributed by atoms with van der Waals surface area (Å²) in [5.74, 6) is 0.954. The predicted molar refractivity (Wildman–Crippen MR) is 75.7 cm³/mol. The minimum absolute atomic E-state index is 0.954. The average molecular weight is 244 g/mol. The zero-order valence-corrected chi connectivity index (χ0v) is 11.2. The van der Waals surface area contributed by atoms with Gasteiger partial charge in [-0.3, -0.25) is 0 Å². The van der Waals surface area contributed by atoms with Gasteiger partial charge in [0.25, 0.3) is 0 Å². The third-order valence-corrected chi connectivity index (χ3v) is 3.68. The molecule has 1 nitrogen and oxygen atoms in total. The lowest BCUT2D eigenvalue weighted by molar-refractivity contribution is 0.411. The van der Waals surface area contributed by atoms with Crippen LogP contribution < -0.4 is 4.74 Å². The number of ether oxygens (including phenoxy) is 1. The van der Waals surface area contributed by atoms with E-state index in [-0.39, 0.29) is 0 Å². The van der Waals surface area contributed by atoms with Crippen molar-refractivity contribution in [1.82, 2.24) is 0 Å². The maximum atomic E-state index is 5.37. The van der Waals surface area contributed by atoms with Crippen molar-refractivity contribution in [3.63, 3.8) is 0 Å². The summed E-state index contributed by atoms with van der Waals surface area (Å²) in [6.07, 6.45) is 4.26. The molecular formula is C15H16OS. The molecule has 0 radical (unpaired) electrons. The zero-order chi connectivity index (χ0) is 12.3. The Morgan fingerprint density at radius 1 is 1.18 bits per heavy atom. The lowest BCUT2D eigenvalue weighted by atomic mass is 10.0. The van der Waals surface area contributed by atoms with E-state index in [2.05, 4.69) is 55.6 Å². The summed E-state index contributed by atoms with van der Waals surface area (Å²) >= 11 is 1.74. The largest absolute Gasteiger partial charge is 0.496 e. The van der Waals surface area contributed by atoms with Crippen LogP contribution in [0.1, 0.15) is 21.6 Å². The molecule has 2 rings (SSSR count). The van der Waals surface area contributed by atoms with Crippen LogP contribution in [0.3, 0.4) is 0 Å². The van der Waals surface area contributed by atoms with Crippen molar-refractivity contribution in [2.75, 3.05) is 7.11 Å². The Kier molecular flexibility index (Phi) is 3.64. The highest BCUT2D eigenvalue weighted by molar-refractivity contribution is 7.10. The Balaban J connectivity index is 2.30. The number of hydrogen-bond donors (Lipinski definition) is 0. The molecule has 1 heterocycles. The van der Waals surface area contributed by atoms with Crippen LogP contribution in [0.25, 0.3) is 12.2 Å². The third-order valence-electron chi connectivity index (χ3n) is 2.85. The fourth-order valence-electron chi connectivity index (χ4n) is 1.73. The summed E-state index contributed by atoms with van der Waals surface area (Å²) in [7, 11) is 1.72. The van der Waals surface area contributed by atoms with E-state index in [1.54, 1.807) is 18.4 Å². The Morgan fingerprint density at radius 2 is 2.00 bits per heavy atom. The SMILES string of the molecule is COc1cc(/C=C/c2cccs2)cc(C)c1C. The molecule has 0 saturated heterocycles. The molecule has 0 saturated carbocycles. The minimum atomic E-state index is 0.954. The van der Waals surface area contributed by atoms with Gasteiger partial charge in [-0.2, -0.15) is 0 Å². The van der Waals surface area contributed by atoms with Crippen LogP contribution in [0.4, 0.5) is 0 Å². The average Bonchev–Trinajstić information content (AvgIpc) is 2.83. The van der Waals surface area contributed by atoms with Crippen molar-refractivity contribution in [2.45, 2.75) is 13.8 Å². The van der Waals surface area contributed by atoms with E-state index in [1.165, 1.54) is 21.6 Å².